The molecule has 1 N–H and O–H groups in total. The minimum atomic E-state index is -0.626. The standard InChI is InChI=1S/C28H18Cl2N2O5/c29-21-12-14-23(24(30)15-21)26(33)32-31-17-20-11-13-22(36-27(34)18-7-3-1-4-8-18)16-25(20)37-28(35)19-9-5-2-6-10-19/h1-17H,(H,32,33)/b31-17-. The van der Waals surface area contributed by atoms with E-state index in [1.54, 1.807) is 60.7 Å². The summed E-state index contributed by atoms with van der Waals surface area (Å²) in [4.78, 5) is 37.6. The van der Waals surface area contributed by atoms with Crippen molar-refractivity contribution in [1.29, 1.82) is 0 Å². The maximum absolute atomic E-state index is 12.7. The molecule has 4 rings (SSSR count). The lowest BCUT2D eigenvalue weighted by molar-refractivity contribution is 0.0732. The number of carbonyl (C=O) groups excluding carboxylic acids is 3. The second kappa shape index (κ2) is 12.0. The van der Waals surface area contributed by atoms with Gasteiger partial charge in [0.1, 0.15) is 11.5 Å². The Balaban J connectivity index is 1.56. The average molecular weight is 533 g/mol. The number of hydrogen-bond donors (Lipinski definition) is 1. The highest BCUT2D eigenvalue weighted by molar-refractivity contribution is 6.36. The van der Waals surface area contributed by atoms with Crippen molar-refractivity contribution in [3.8, 4) is 11.5 Å². The molecule has 0 aliphatic carbocycles. The number of hydrazone groups is 1. The Bertz CT molecular complexity index is 1470. The van der Waals surface area contributed by atoms with E-state index in [-0.39, 0.29) is 22.1 Å². The lowest BCUT2D eigenvalue weighted by Gasteiger charge is -2.10. The van der Waals surface area contributed by atoms with Crippen molar-refractivity contribution in [2.24, 2.45) is 5.10 Å². The second-order valence-corrected chi connectivity index (χ2v) is 8.38. The number of esters is 2. The van der Waals surface area contributed by atoms with Gasteiger partial charge in [-0.05, 0) is 54.6 Å². The molecule has 1 amide bonds. The van der Waals surface area contributed by atoms with E-state index >= 15 is 0 Å². The zero-order valence-electron chi connectivity index (χ0n) is 19.1. The van der Waals surface area contributed by atoms with Gasteiger partial charge in [-0.1, -0.05) is 59.6 Å². The zero-order valence-corrected chi connectivity index (χ0v) is 20.6. The third-order valence-corrected chi connectivity index (χ3v) is 5.51. The number of halogens is 2. The molecule has 0 saturated carbocycles. The number of ether oxygens (including phenoxy) is 2. The molecule has 7 nitrogen and oxygen atoms in total. The van der Waals surface area contributed by atoms with Gasteiger partial charge in [-0.3, -0.25) is 4.79 Å². The van der Waals surface area contributed by atoms with Gasteiger partial charge in [0.15, 0.2) is 0 Å². The largest absolute Gasteiger partial charge is 0.423 e. The maximum atomic E-state index is 12.7. The predicted octanol–water partition coefficient (Wildman–Crippen LogP) is 6.20. The van der Waals surface area contributed by atoms with E-state index in [4.69, 9.17) is 32.7 Å². The van der Waals surface area contributed by atoms with Crippen molar-refractivity contribution in [3.05, 3.63) is 129 Å². The summed E-state index contributed by atoms with van der Waals surface area (Å²) >= 11 is 11.9. The van der Waals surface area contributed by atoms with E-state index in [2.05, 4.69) is 10.5 Å². The Morgan fingerprint density at radius 2 is 1.35 bits per heavy atom. The van der Waals surface area contributed by atoms with Crippen LogP contribution in [0.3, 0.4) is 0 Å². The van der Waals surface area contributed by atoms with E-state index < -0.39 is 17.8 Å². The first-order valence-electron chi connectivity index (χ1n) is 10.9. The Morgan fingerprint density at radius 3 is 1.97 bits per heavy atom. The second-order valence-electron chi connectivity index (χ2n) is 7.53. The van der Waals surface area contributed by atoms with Gasteiger partial charge in [0.25, 0.3) is 5.91 Å². The van der Waals surface area contributed by atoms with Gasteiger partial charge in [0.2, 0.25) is 0 Å². The van der Waals surface area contributed by atoms with Gasteiger partial charge in [0, 0.05) is 16.7 Å². The number of nitrogens with zero attached hydrogens (tertiary/aromatic N) is 1. The van der Waals surface area contributed by atoms with Gasteiger partial charge in [-0.25, -0.2) is 15.0 Å². The third kappa shape index (κ3) is 6.82. The molecule has 0 saturated heterocycles. The zero-order chi connectivity index (χ0) is 26.2. The number of carbonyl (C=O) groups is 3. The van der Waals surface area contributed by atoms with Crippen molar-refractivity contribution in [2.75, 3.05) is 0 Å². The van der Waals surface area contributed by atoms with Gasteiger partial charge >= 0.3 is 11.9 Å². The first kappa shape index (κ1) is 25.6. The van der Waals surface area contributed by atoms with Crippen molar-refractivity contribution in [3.63, 3.8) is 0 Å². The molecule has 4 aromatic carbocycles. The monoisotopic (exact) mass is 532 g/mol. The van der Waals surface area contributed by atoms with Crippen LogP contribution in [0.25, 0.3) is 0 Å². The van der Waals surface area contributed by atoms with Crippen molar-refractivity contribution in [2.45, 2.75) is 0 Å². The molecule has 0 aliphatic rings. The smallest absolute Gasteiger partial charge is 0.343 e. The molecule has 0 heterocycles. The summed E-state index contributed by atoms with van der Waals surface area (Å²) in [6.07, 6.45) is 1.29. The highest BCUT2D eigenvalue weighted by Crippen LogP contribution is 2.26. The third-order valence-electron chi connectivity index (χ3n) is 4.96. The Hall–Kier alpha value is -4.46. The molecule has 0 atom stereocenters. The van der Waals surface area contributed by atoms with Crippen LogP contribution < -0.4 is 14.9 Å². The van der Waals surface area contributed by atoms with Gasteiger partial charge in [-0.2, -0.15) is 5.10 Å². The molecule has 9 heteroatoms. The number of nitrogens with one attached hydrogen (secondary N) is 1. The van der Waals surface area contributed by atoms with E-state index in [0.717, 1.165) is 0 Å². The van der Waals surface area contributed by atoms with Crippen LogP contribution >= 0.6 is 23.2 Å². The fourth-order valence-electron chi connectivity index (χ4n) is 3.14. The summed E-state index contributed by atoms with van der Waals surface area (Å²) in [5.41, 5.74) is 3.57. The molecule has 37 heavy (non-hydrogen) atoms. The molecular formula is C28H18Cl2N2O5. The minimum absolute atomic E-state index is 0.0646. The van der Waals surface area contributed by atoms with Crippen molar-refractivity contribution in [1.82, 2.24) is 5.43 Å². The van der Waals surface area contributed by atoms with E-state index in [9.17, 15) is 14.4 Å². The molecule has 0 aliphatic heterocycles. The molecule has 0 bridgehead atoms. The molecule has 184 valence electrons. The molecule has 0 aromatic heterocycles. The van der Waals surface area contributed by atoms with E-state index in [0.29, 0.717) is 21.7 Å². The summed E-state index contributed by atoms with van der Waals surface area (Å²) < 4.78 is 11.0. The van der Waals surface area contributed by atoms with Crippen LogP contribution in [0.5, 0.6) is 11.5 Å². The summed E-state index contributed by atoms with van der Waals surface area (Å²) in [6.45, 7) is 0. The highest BCUT2D eigenvalue weighted by Gasteiger charge is 2.15. The van der Waals surface area contributed by atoms with E-state index in [1.165, 1.54) is 42.6 Å². The first-order valence-corrected chi connectivity index (χ1v) is 11.6. The molecular weight excluding hydrogens is 515 g/mol. The highest BCUT2D eigenvalue weighted by atomic mass is 35.5. The molecule has 4 aromatic rings. The van der Waals surface area contributed by atoms with Crippen LogP contribution in [-0.4, -0.2) is 24.1 Å². The summed E-state index contributed by atoms with van der Waals surface area (Å²) in [5.74, 6) is -1.55. The molecule has 0 unspecified atom stereocenters. The van der Waals surface area contributed by atoms with Crippen LogP contribution in [0.4, 0.5) is 0 Å². The Labute approximate surface area is 222 Å². The predicted molar refractivity (Wildman–Crippen MR) is 141 cm³/mol. The maximum Gasteiger partial charge on any atom is 0.343 e. The first-order chi connectivity index (χ1) is 17.9. The fourth-order valence-corrected chi connectivity index (χ4v) is 3.64. The van der Waals surface area contributed by atoms with Crippen molar-refractivity contribution < 1.29 is 23.9 Å². The number of amides is 1. The Morgan fingerprint density at radius 1 is 0.730 bits per heavy atom. The number of rotatable bonds is 7. The molecule has 0 fully saturated rings. The number of benzene rings is 4. The lowest BCUT2D eigenvalue weighted by Crippen LogP contribution is -2.18. The lowest BCUT2D eigenvalue weighted by atomic mass is 10.2. The number of hydrogen-bond acceptors (Lipinski definition) is 6. The molecule has 0 spiro atoms. The normalized spacial score (nSPS) is 10.6. The summed E-state index contributed by atoms with van der Waals surface area (Å²) in [5, 5.41) is 4.51. The summed E-state index contributed by atoms with van der Waals surface area (Å²) in [6, 6.07) is 25.7. The Kier molecular flexibility index (Phi) is 8.30. The molecule has 0 radical (unpaired) electrons. The summed E-state index contributed by atoms with van der Waals surface area (Å²) in [7, 11) is 0. The van der Waals surface area contributed by atoms with Crippen LogP contribution in [0.1, 0.15) is 36.6 Å². The van der Waals surface area contributed by atoms with Gasteiger partial charge in [0.05, 0.1) is 27.9 Å². The van der Waals surface area contributed by atoms with Gasteiger partial charge < -0.3 is 9.47 Å². The SMILES string of the molecule is O=C(Oc1ccc(/C=N\NC(=O)c2ccc(Cl)cc2Cl)c(OC(=O)c2ccccc2)c1)c1ccccc1. The van der Waals surface area contributed by atoms with Crippen LogP contribution in [0, 0.1) is 0 Å². The van der Waals surface area contributed by atoms with Crippen LogP contribution in [0.15, 0.2) is 102 Å². The van der Waals surface area contributed by atoms with Crippen molar-refractivity contribution >= 4 is 47.3 Å². The average Bonchev–Trinajstić information content (AvgIpc) is 2.90. The van der Waals surface area contributed by atoms with Crippen LogP contribution in [0.2, 0.25) is 10.0 Å². The van der Waals surface area contributed by atoms with Crippen LogP contribution in [-0.2, 0) is 0 Å². The quantitative estimate of drug-likeness (QED) is 0.132. The fraction of sp³-hybridized carbons (Fsp3) is 0. The topological polar surface area (TPSA) is 94.1 Å². The van der Waals surface area contributed by atoms with Gasteiger partial charge in [-0.15, -0.1) is 0 Å². The minimum Gasteiger partial charge on any atom is -0.423 e. The van der Waals surface area contributed by atoms with E-state index in [1.807, 2.05) is 0 Å².